The quantitative estimate of drug-likeness (QED) is 0.629. The largest absolute Gasteiger partial charge is 0.454 e. The number of hydrogen-bond acceptors (Lipinski definition) is 4. The number of nitrogens with two attached hydrogens (primary N) is 1. The smallest absolute Gasteiger partial charge is 0.368 e. The average molecular weight is 338 g/mol. The normalized spacial score (nSPS) is 18.5. The van der Waals surface area contributed by atoms with Gasteiger partial charge in [0.15, 0.2) is 9.84 Å². The topological polar surface area (TPSA) is 89.3 Å². The molecule has 11 heteroatoms. The molecule has 0 aromatic rings. The van der Waals surface area contributed by atoms with Gasteiger partial charge in [-0.3, -0.25) is 10.1 Å². The minimum absolute atomic E-state index is 0.0415. The van der Waals surface area contributed by atoms with Crippen LogP contribution in [-0.2, 0) is 14.6 Å². The number of halogens is 5. The standard InChI is InChI=1S/C10H15F5N2O3S/c11-9(12,10(13,14)15)5-17-7(8(16)18)4-21(19,20)3-6-1-2-6/h6-7,17H,1-5H2,(H2,16,18)/t7-/m0/s1. The van der Waals surface area contributed by atoms with E-state index in [1.54, 1.807) is 5.32 Å². The number of hydrogen-bond donors (Lipinski definition) is 2. The molecule has 5 nitrogen and oxygen atoms in total. The first-order chi connectivity index (χ1) is 9.34. The third-order valence-corrected chi connectivity index (χ3v) is 4.76. The lowest BCUT2D eigenvalue weighted by atomic mass is 10.2. The average Bonchev–Trinajstić information content (AvgIpc) is 3.05. The molecule has 1 rings (SSSR count). The molecule has 1 aliphatic rings. The van der Waals surface area contributed by atoms with Crippen LogP contribution in [0, 0.1) is 5.92 Å². The molecule has 3 N–H and O–H groups in total. The predicted octanol–water partition coefficient (Wildman–Crippen LogP) is 0.452. The van der Waals surface area contributed by atoms with E-state index in [1.807, 2.05) is 0 Å². The summed E-state index contributed by atoms with van der Waals surface area (Å²) < 4.78 is 84.7. The molecule has 0 aliphatic heterocycles. The third kappa shape index (κ3) is 5.73. The van der Waals surface area contributed by atoms with Crippen molar-refractivity contribution in [2.24, 2.45) is 11.7 Å². The molecule has 0 radical (unpaired) electrons. The monoisotopic (exact) mass is 338 g/mol. The van der Waals surface area contributed by atoms with E-state index >= 15 is 0 Å². The lowest BCUT2D eigenvalue weighted by molar-refractivity contribution is -0.279. The van der Waals surface area contributed by atoms with E-state index in [0.29, 0.717) is 12.8 Å². The van der Waals surface area contributed by atoms with Gasteiger partial charge in [-0.25, -0.2) is 8.42 Å². The molecule has 21 heavy (non-hydrogen) atoms. The summed E-state index contributed by atoms with van der Waals surface area (Å²) in [5.74, 6) is -7.55. The number of rotatable bonds is 8. The fourth-order valence-corrected chi connectivity index (χ4v) is 3.54. The van der Waals surface area contributed by atoms with Crippen LogP contribution in [0.15, 0.2) is 0 Å². The Balaban J connectivity index is 2.64. The van der Waals surface area contributed by atoms with E-state index < -0.39 is 46.2 Å². The lowest BCUT2D eigenvalue weighted by Crippen LogP contribution is -2.53. The van der Waals surface area contributed by atoms with Crippen LogP contribution < -0.4 is 11.1 Å². The molecular weight excluding hydrogens is 323 g/mol. The summed E-state index contributed by atoms with van der Waals surface area (Å²) in [6.45, 7) is -1.91. The minimum atomic E-state index is -5.80. The fourth-order valence-electron chi connectivity index (χ4n) is 1.56. The van der Waals surface area contributed by atoms with Crippen molar-refractivity contribution in [3.63, 3.8) is 0 Å². The molecule has 1 saturated carbocycles. The Morgan fingerprint density at radius 2 is 1.76 bits per heavy atom. The van der Waals surface area contributed by atoms with Gasteiger partial charge in [0.25, 0.3) is 0 Å². The molecule has 0 aromatic carbocycles. The second-order valence-electron chi connectivity index (χ2n) is 5.06. The molecule has 1 atom stereocenters. The number of alkyl halides is 5. The van der Waals surface area contributed by atoms with Crippen LogP contribution in [0.5, 0.6) is 0 Å². The number of amides is 1. The molecule has 1 aliphatic carbocycles. The first kappa shape index (κ1) is 18.1. The molecule has 0 aromatic heterocycles. The molecule has 0 saturated heterocycles. The van der Waals surface area contributed by atoms with Crippen molar-refractivity contribution < 1.29 is 35.2 Å². The van der Waals surface area contributed by atoms with Crippen molar-refractivity contribution >= 4 is 15.7 Å². The fraction of sp³-hybridized carbons (Fsp3) is 0.900. The van der Waals surface area contributed by atoms with Crippen LogP contribution in [0.1, 0.15) is 12.8 Å². The number of carbonyl (C=O) groups is 1. The van der Waals surface area contributed by atoms with Crippen LogP contribution in [-0.4, -0.2) is 50.5 Å². The van der Waals surface area contributed by atoms with Gasteiger partial charge < -0.3 is 5.73 Å². The van der Waals surface area contributed by atoms with Crippen molar-refractivity contribution in [1.29, 1.82) is 0 Å². The maximum atomic E-state index is 12.7. The van der Waals surface area contributed by atoms with Crippen molar-refractivity contribution in [3.8, 4) is 0 Å². The minimum Gasteiger partial charge on any atom is -0.368 e. The molecule has 124 valence electrons. The second kappa shape index (κ2) is 6.03. The molecule has 0 bridgehead atoms. The Morgan fingerprint density at radius 1 is 1.24 bits per heavy atom. The number of nitrogens with one attached hydrogen (secondary N) is 1. The Labute approximate surface area is 118 Å². The van der Waals surface area contributed by atoms with Gasteiger partial charge in [-0.15, -0.1) is 0 Å². The molecular formula is C10H15F5N2O3S. The maximum absolute atomic E-state index is 12.7. The van der Waals surface area contributed by atoms with E-state index in [2.05, 4.69) is 0 Å². The summed E-state index contributed by atoms with van der Waals surface area (Å²) >= 11 is 0. The highest BCUT2D eigenvalue weighted by atomic mass is 32.2. The number of primary amides is 1. The summed E-state index contributed by atoms with van der Waals surface area (Å²) in [6, 6.07) is -1.79. The van der Waals surface area contributed by atoms with Crippen LogP contribution in [0.2, 0.25) is 0 Å². The highest BCUT2D eigenvalue weighted by Gasteiger charge is 2.57. The number of carbonyl (C=O) groups excluding carboxylic acids is 1. The van der Waals surface area contributed by atoms with Gasteiger partial charge in [0.05, 0.1) is 18.1 Å². The zero-order valence-electron chi connectivity index (χ0n) is 10.8. The van der Waals surface area contributed by atoms with Crippen molar-refractivity contribution in [3.05, 3.63) is 0 Å². The van der Waals surface area contributed by atoms with Gasteiger partial charge >= 0.3 is 12.1 Å². The van der Waals surface area contributed by atoms with Gasteiger partial charge in [-0.2, -0.15) is 22.0 Å². The summed E-state index contributed by atoms with van der Waals surface area (Å²) in [5, 5.41) is 1.59. The highest BCUT2D eigenvalue weighted by molar-refractivity contribution is 7.91. The van der Waals surface area contributed by atoms with Gasteiger partial charge in [0.2, 0.25) is 5.91 Å². The summed E-state index contributed by atoms with van der Waals surface area (Å²) in [4.78, 5) is 11.0. The summed E-state index contributed by atoms with van der Waals surface area (Å²) in [7, 11) is -3.76. The Bertz CT molecular complexity index is 487. The predicted molar refractivity (Wildman–Crippen MR) is 63.4 cm³/mol. The van der Waals surface area contributed by atoms with E-state index in [9.17, 15) is 35.2 Å². The lowest BCUT2D eigenvalue weighted by Gasteiger charge is -2.22. The van der Waals surface area contributed by atoms with Gasteiger partial charge in [0.1, 0.15) is 6.04 Å². The SMILES string of the molecule is NC(=O)[C@H](CS(=O)(=O)CC1CC1)NCC(F)(F)C(F)(F)F. The Morgan fingerprint density at radius 3 is 2.14 bits per heavy atom. The molecule has 0 unspecified atom stereocenters. The highest BCUT2D eigenvalue weighted by Crippen LogP contribution is 2.34. The van der Waals surface area contributed by atoms with Gasteiger partial charge in [0, 0.05) is 0 Å². The van der Waals surface area contributed by atoms with Crippen LogP contribution >= 0.6 is 0 Å². The van der Waals surface area contributed by atoms with Crippen LogP contribution in [0.3, 0.4) is 0 Å². The van der Waals surface area contributed by atoms with Crippen LogP contribution in [0.25, 0.3) is 0 Å². The van der Waals surface area contributed by atoms with Crippen molar-refractivity contribution in [2.45, 2.75) is 31.0 Å². The van der Waals surface area contributed by atoms with E-state index in [1.165, 1.54) is 0 Å². The van der Waals surface area contributed by atoms with Crippen molar-refractivity contribution in [1.82, 2.24) is 5.32 Å². The maximum Gasteiger partial charge on any atom is 0.454 e. The first-order valence-corrected chi connectivity index (χ1v) is 7.84. The first-order valence-electron chi connectivity index (χ1n) is 6.02. The van der Waals surface area contributed by atoms with Crippen molar-refractivity contribution in [2.75, 3.05) is 18.1 Å². The van der Waals surface area contributed by atoms with Crippen LogP contribution in [0.4, 0.5) is 22.0 Å². The summed E-state index contributed by atoms with van der Waals surface area (Å²) in [6.07, 6.45) is -4.38. The number of sulfone groups is 1. The van der Waals surface area contributed by atoms with Gasteiger partial charge in [-0.05, 0) is 18.8 Å². The Kier molecular flexibility index (Phi) is 5.19. The molecule has 0 heterocycles. The molecule has 1 amide bonds. The van der Waals surface area contributed by atoms with E-state index in [4.69, 9.17) is 5.73 Å². The zero-order valence-corrected chi connectivity index (χ0v) is 11.6. The second-order valence-corrected chi connectivity index (χ2v) is 7.21. The van der Waals surface area contributed by atoms with E-state index in [-0.39, 0.29) is 11.7 Å². The Hall–Kier alpha value is -0.970. The molecule has 0 spiro atoms. The third-order valence-electron chi connectivity index (χ3n) is 2.94. The zero-order chi connectivity index (χ0) is 16.5. The molecule has 1 fully saturated rings. The summed E-state index contributed by atoms with van der Waals surface area (Å²) in [5.41, 5.74) is 4.84. The van der Waals surface area contributed by atoms with E-state index in [0.717, 1.165) is 0 Å². The van der Waals surface area contributed by atoms with Gasteiger partial charge in [-0.1, -0.05) is 0 Å².